The molecule has 3 aromatic rings. The van der Waals surface area contributed by atoms with E-state index < -0.39 is 119 Å². The van der Waals surface area contributed by atoms with E-state index in [9.17, 15) is 57.8 Å². The Labute approximate surface area is 265 Å². The summed E-state index contributed by atoms with van der Waals surface area (Å²) >= 11 is 0. The molecule has 45 heavy (non-hydrogen) atoms. The Kier molecular flexibility index (Phi) is 11.3. The second kappa shape index (κ2) is 13.5. The number of nitrogens with zero attached hydrogens (tertiary/aromatic N) is 2. The minimum absolute atomic E-state index is 0. The molecule has 0 aromatic heterocycles. The smallest absolute Gasteiger partial charge is 0.871 e. The normalized spacial score (nSPS) is 12.6. The summed E-state index contributed by atoms with van der Waals surface area (Å²) in [5, 5.41) is 34.2. The van der Waals surface area contributed by atoms with Gasteiger partial charge >= 0.3 is 27.5 Å². The van der Waals surface area contributed by atoms with Crippen molar-refractivity contribution in [1.82, 2.24) is 0 Å². The molecule has 3 aromatic carbocycles. The zero-order valence-corrected chi connectivity index (χ0v) is 26.5. The van der Waals surface area contributed by atoms with Crippen molar-refractivity contribution in [3.05, 3.63) is 30.3 Å². The van der Waals surface area contributed by atoms with Crippen molar-refractivity contribution < 1.29 is 88.3 Å². The van der Waals surface area contributed by atoms with Crippen LogP contribution in [0.2, 0.25) is 0 Å². The van der Waals surface area contributed by atoms with Crippen LogP contribution in [0.4, 0.5) is 17.1 Å². The first kappa shape index (κ1) is 37.7. The predicted molar refractivity (Wildman–Crippen MR) is 143 cm³/mol. The van der Waals surface area contributed by atoms with E-state index in [1.807, 2.05) is 0 Å². The van der Waals surface area contributed by atoms with Crippen molar-refractivity contribution >= 4 is 74.2 Å². The minimum Gasteiger partial charge on any atom is -0.871 e. The fraction of sp³-hybridized carbons (Fsp3) is 0.190. The third-order valence-corrected chi connectivity index (χ3v) is 9.27. The number of anilines is 1. The molecule has 0 aliphatic heterocycles. The molecular formula is C21H19CuN3O16S4. The predicted octanol–water partition coefficient (Wildman–Crippen LogP) is 0.453. The van der Waals surface area contributed by atoms with E-state index in [4.69, 9.17) is 9.29 Å². The van der Waals surface area contributed by atoms with Crippen LogP contribution in [-0.2, 0) is 66.5 Å². The van der Waals surface area contributed by atoms with Crippen molar-refractivity contribution in [2.24, 2.45) is 10.2 Å². The molecule has 0 fully saturated rings. The summed E-state index contributed by atoms with van der Waals surface area (Å²) in [6.45, 7) is -0.0446. The number of rotatable bonds is 11. The van der Waals surface area contributed by atoms with Crippen molar-refractivity contribution in [3.63, 3.8) is 0 Å². The molecule has 0 bridgehead atoms. The molecule has 4 N–H and O–H groups in total. The zero-order valence-electron chi connectivity index (χ0n) is 22.3. The van der Waals surface area contributed by atoms with E-state index in [1.54, 1.807) is 0 Å². The number of hydrogen-bond acceptors (Lipinski definition) is 15. The maximum atomic E-state index is 13.4. The molecule has 0 saturated carbocycles. The fourth-order valence-corrected chi connectivity index (χ4v) is 6.50. The van der Waals surface area contributed by atoms with Crippen molar-refractivity contribution in [2.75, 3.05) is 24.8 Å². The molecule has 0 heterocycles. The number of azo groups is 1. The maximum Gasteiger partial charge on any atom is 2.00 e. The Hall–Kier alpha value is -3.45. The minimum atomic E-state index is -5.31. The van der Waals surface area contributed by atoms with Gasteiger partial charge in [0.2, 0.25) is 5.91 Å². The summed E-state index contributed by atoms with van der Waals surface area (Å²) in [6, 6.07) is 3.17. The largest absolute Gasteiger partial charge is 2.00 e. The third-order valence-electron chi connectivity index (χ3n) is 5.41. The summed E-state index contributed by atoms with van der Waals surface area (Å²) in [6.07, 6.45) is 0. The summed E-state index contributed by atoms with van der Waals surface area (Å²) in [4.78, 5) is 8.87. The van der Waals surface area contributed by atoms with Crippen LogP contribution in [0.15, 0.2) is 55.2 Å². The van der Waals surface area contributed by atoms with Gasteiger partial charge in [0.25, 0.3) is 20.2 Å². The Balaban J connectivity index is 0.00000705. The SMILES string of the molecule is COc1cc(N=Nc2c(S(=O)(=O)O)cc3cc(S(=O)(=O)O)cc(NC(C)=O)c3c2[O-])c([O-])cc1S(=O)(=O)CCOS(=O)(=O)O.[Cu+2]. The van der Waals surface area contributed by atoms with E-state index in [1.165, 1.54) is 0 Å². The van der Waals surface area contributed by atoms with Crippen LogP contribution >= 0.6 is 0 Å². The van der Waals surface area contributed by atoms with Crippen molar-refractivity contribution in [2.45, 2.75) is 21.6 Å². The molecule has 0 spiro atoms. The first-order valence-corrected chi connectivity index (χ1v) is 17.1. The van der Waals surface area contributed by atoms with Crippen molar-refractivity contribution in [1.29, 1.82) is 0 Å². The number of fused-ring (bicyclic) bond motifs is 1. The molecule has 24 heteroatoms. The second-order valence-corrected chi connectivity index (χ2v) is 14.5. The average molecular weight is 761 g/mol. The molecular weight excluding hydrogens is 742 g/mol. The van der Waals surface area contributed by atoms with Gasteiger partial charge in [-0.05, 0) is 35.0 Å². The molecule has 1 amide bonds. The number of amides is 1. The van der Waals surface area contributed by atoms with Crippen LogP contribution in [-0.4, -0.2) is 72.7 Å². The Morgan fingerprint density at radius 1 is 0.889 bits per heavy atom. The molecule has 0 aliphatic carbocycles. The second-order valence-electron chi connectivity index (χ2n) is 8.49. The van der Waals surface area contributed by atoms with Gasteiger partial charge in [0, 0.05) is 18.7 Å². The van der Waals surface area contributed by atoms with Crippen LogP contribution in [0.3, 0.4) is 0 Å². The summed E-state index contributed by atoms with van der Waals surface area (Å²) in [5.41, 5.74) is -2.35. The Morgan fingerprint density at radius 3 is 2.02 bits per heavy atom. The topological polar surface area (TPSA) is 316 Å². The number of sulfone groups is 1. The monoisotopic (exact) mass is 760 g/mol. The van der Waals surface area contributed by atoms with Crippen molar-refractivity contribution in [3.8, 4) is 17.2 Å². The maximum absolute atomic E-state index is 13.4. The first-order valence-electron chi connectivity index (χ1n) is 11.2. The first-order chi connectivity index (χ1) is 20.0. The molecule has 0 unspecified atom stereocenters. The van der Waals surface area contributed by atoms with Gasteiger partial charge < -0.3 is 20.3 Å². The zero-order chi connectivity index (χ0) is 33.4. The van der Waals surface area contributed by atoms with Crippen LogP contribution in [0, 0.1) is 0 Å². The number of benzene rings is 3. The van der Waals surface area contributed by atoms with Gasteiger partial charge in [-0.1, -0.05) is 11.5 Å². The summed E-state index contributed by atoms with van der Waals surface area (Å²) in [5.74, 6) is -4.91. The van der Waals surface area contributed by atoms with Gasteiger partial charge in [0.15, 0.2) is 9.84 Å². The van der Waals surface area contributed by atoms with E-state index in [2.05, 4.69) is 19.7 Å². The number of hydrogen-bond donors (Lipinski definition) is 4. The van der Waals surface area contributed by atoms with E-state index in [-0.39, 0.29) is 17.1 Å². The molecule has 0 saturated heterocycles. The van der Waals surface area contributed by atoms with Gasteiger partial charge in [-0.2, -0.15) is 30.4 Å². The number of ether oxygens (including phenoxy) is 1. The Morgan fingerprint density at radius 2 is 1.51 bits per heavy atom. The van der Waals surface area contributed by atoms with E-state index in [0.29, 0.717) is 24.3 Å². The van der Waals surface area contributed by atoms with Crippen LogP contribution < -0.4 is 20.3 Å². The van der Waals surface area contributed by atoms with Crippen LogP contribution in [0.1, 0.15) is 6.92 Å². The molecule has 249 valence electrons. The van der Waals surface area contributed by atoms with E-state index in [0.717, 1.165) is 20.1 Å². The molecule has 1 radical (unpaired) electrons. The third kappa shape index (κ3) is 9.06. The number of methoxy groups -OCH3 is 1. The fourth-order valence-electron chi connectivity index (χ4n) is 3.65. The molecule has 19 nitrogen and oxygen atoms in total. The van der Waals surface area contributed by atoms with E-state index >= 15 is 0 Å². The standard InChI is InChI=1S/C21H21N3O16S4.Cu/c1-10(25)22-14-7-12(42(30,31)32)5-11-6-18(43(33,34)35)20(21(27)19(11)14)24-23-13-8-16(39-2)17(9-15(13)26)41(28,29)4-3-40-44(36,37)38;/h5-9,26-27H,3-4H2,1-2H3,(H,22,25)(H,30,31,32)(H,33,34,35)(H,36,37,38);/q;+2/p-2. The van der Waals surface area contributed by atoms with Crippen LogP contribution in [0.25, 0.3) is 10.8 Å². The summed E-state index contributed by atoms with van der Waals surface area (Å²) in [7, 11) is -18.7. The van der Waals surface area contributed by atoms with Gasteiger partial charge in [-0.15, -0.1) is 5.11 Å². The number of nitrogens with one attached hydrogen (secondary N) is 1. The molecule has 3 rings (SSSR count). The molecule has 0 aliphatic rings. The van der Waals surface area contributed by atoms with Gasteiger partial charge in [-0.25, -0.2) is 12.6 Å². The average Bonchev–Trinajstić information content (AvgIpc) is 2.85. The van der Waals surface area contributed by atoms with Crippen LogP contribution in [0.5, 0.6) is 17.2 Å². The molecule has 0 atom stereocenters. The quantitative estimate of drug-likeness (QED) is 0.117. The summed E-state index contributed by atoms with van der Waals surface area (Å²) < 4.78 is 131. The number of carbonyl (C=O) groups is 1. The van der Waals surface area contributed by atoms with Gasteiger partial charge in [-0.3, -0.25) is 18.5 Å². The van der Waals surface area contributed by atoms with Gasteiger partial charge in [0.1, 0.15) is 15.5 Å². The van der Waals surface area contributed by atoms with Gasteiger partial charge in [0.05, 0.1) is 35.7 Å². The Bertz CT molecular complexity index is 2150. The number of carbonyl (C=O) groups excluding carboxylic acids is 1.